The Bertz CT molecular complexity index is 1160. The van der Waals surface area contributed by atoms with Gasteiger partial charge < -0.3 is 0 Å². The van der Waals surface area contributed by atoms with Crippen molar-refractivity contribution in [2.75, 3.05) is 11.0 Å². The summed E-state index contributed by atoms with van der Waals surface area (Å²) in [6, 6.07) is 10.9. The number of anilines is 1. The highest BCUT2D eigenvalue weighted by Crippen LogP contribution is 2.24. The molecule has 8 nitrogen and oxygen atoms in total. The highest BCUT2D eigenvalue weighted by molar-refractivity contribution is 7.92. The van der Waals surface area contributed by atoms with Gasteiger partial charge in [0.15, 0.2) is 0 Å². The molecule has 0 spiro atoms. The van der Waals surface area contributed by atoms with Crippen LogP contribution < -0.4 is 19.9 Å². The van der Waals surface area contributed by atoms with E-state index in [1.807, 2.05) is 24.4 Å². The highest BCUT2D eigenvalue weighted by atomic mass is 32.2. The molecule has 2 N–H and O–H groups in total. The molecule has 2 aliphatic rings. The summed E-state index contributed by atoms with van der Waals surface area (Å²) in [5, 5.41) is 7.38. The van der Waals surface area contributed by atoms with Gasteiger partial charge in [-0.15, -0.1) is 0 Å². The molecule has 1 fully saturated rings. The first-order chi connectivity index (χ1) is 13.9. The fourth-order valence-corrected chi connectivity index (χ4v) is 4.32. The molecule has 1 amide bonds. The Morgan fingerprint density at radius 2 is 1.90 bits per heavy atom. The molecular formula is C20H24N5O3S+. The maximum atomic E-state index is 12.4. The second kappa shape index (κ2) is 7.90. The second-order valence-corrected chi connectivity index (χ2v) is 9.29. The number of sulfonamides is 1. The number of nitrogens with zero attached hydrogens (tertiary/aromatic N) is 3. The first-order valence-electron chi connectivity index (χ1n) is 9.74. The van der Waals surface area contributed by atoms with Gasteiger partial charge in [-0.05, 0) is 46.7 Å². The van der Waals surface area contributed by atoms with Crippen molar-refractivity contribution in [2.45, 2.75) is 38.4 Å². The molecule has 29 heavy (non-hydrogen) atoms. The fourth-order valence-electron chi connectivity index (χ4n) is 3.76. The Kier molecular flexibility index (Phi) is 5.31. The van der Waals surface area contributed by atoms with E-state index in [0.717, 1.165) is 43.1 Å². The number of rotatable bonds is 5. The van der Waals surface area contributed by atoms with Crippen LogP contribution in [0.3, 0.4) is 0 Å². The lowest BCUT2D eigenvalue weighted by atomic mass is 9.89. The van der Waals surface area contributed by atoms with E-state index in [4.69, 9.17) is 0 Å². The second-order valence-electron chi connectivity index (χ2n) is 7.54. The SMILES string of the molecule is CS(=O)(=O)Nc1cccc(-c2ccc3[n+](c2)=NC(NC(=O)C2CCCCC2)N=3)c1. The van der Waals surface area contributed by atoms with Gasteiger partial charge >= 0.3 is 11.8 Å². The minimum absolute atomic E-state index is 0.0235. The molecule has 1 aliphatic carbocycles. The molecule has 1 aromatic carbocycles. The fraction of sp³-hybridized carbons (Fsp3) is 0.400. The molecule has 1 saturated carbocycles. The summed E-state index contributed by atoms with van der Waals surface area (Å²) >= 11 is 0. The smallest absolute Gasteiger partial charge is 0.292 e. The molecule has 1 aromatic heterocycles. The zero-order valence-corrected chi connectivity index (χ0v) is 17.0. The molecule has 4 rings (SSSR count). The number of aromatic nitrogens is 1. The molecule has 1 atom stereocenters. The number of benzene rings is 1. The first-order valence-corrected chi connectivity index (χ1v) is 11.6. The van der Waals surface area contributed by atoms with Crippen LogP contribution in [0.15, 0.2) is 52.7 Å². The molecular weight excluding hydrogens is 390 g/mol. The molecule has 1 aliphatic heterocycles. The predicted octanol–water partition coefficient (Wildman–Crippen LogP) is 1.66. The van der Waals surface area contributed by atoms with Crippen LogP contribution in [0.25, 0.3) is 11.1 Å². The Labute approximate surface area is 169 Å². The molecule has 0 bridgehead atoms. The van der Waals surface area contributed by atoms with Crippen molar-refractivity contribution >= 4 is 21.6 Å². The van der Waals surface area contributed by atoms with Gasteiger partial charge in [-0.1, -0.05) is 35.8 Å². The third kappa shape index (κ3) is 4.79. The van der Waals surface area contributed by atoms with Gasteiger partial charge in [0, 0.05) is 23.2 Å². The lowest BCUT2D eigenvalue weighted by Gasteiger charge is -2.20. The summed E-state index contributed by atoms with van der Waals surface area (Å²) in [7, 11) is -3.34. The minimum Gasteiger partial charge on any atom is -0.292 e. The Balaban J connectivity index is 1.53. The monoisotopic (exact) mass is 414 g/mol. The number of carbonyl (C=O) groups excluding carboxylic acids is 1. The summed E-state index contributed by atoms with van der Waals surface area (Å²) in [6.45, 7) is 0. The van der Waals surface area contributed by atoms with Crippen molar-refractivity contribution in [3.63, 3.8) is 0 Å². The number of nitrogens with one attached hydrogen (secondary N) is 2. The van der Waals surface area contributed by atoms with Crippen LogP contribution in [0.4, 0.5) is 5.69 Å². The number of amides is 1. The van der Waals surface area contributed by atoms with Crippen LogP contribution in [0.5, 0.6) is 0 Å². The van der Waals surface area contributed by atoms with Crippen LogP contribution in [0.1, 0.15) is 32.1 Å². The number of pyridine rings is 1. The maximum Gasteiger partial charge on any atom is 0.347 e. The maximum absolute atomic E-state index is 12.4. The number of hydrogen-bond acceptors (Lipinski definition) is 5. The average molecular weight is 415 g/mol. The van der Waals surface area contributed by atoms with Crippen LogP contribution in [-0.4, -0.2) is 26.9 Å². The van der Waals surface area contributed by atoms with Gasteiger partial charge in [0.25, 0.3) is 0 Å². The van der Waals surface area contributed by atoms with Crippen molar-refractivity contribution in [1.29, 1.82) is 0 Å². The van der Waals surface area contributed by atoms with Crippen LogP contribution >= 0.6 is 0 Å². The van der Waals surface area contributed by atoms with Crippen molar-refractivity contribution in [3.05, 3.63) is 48.1 Å². The van der Waals surface area contributed by atoms with Gasteiger partial charge in [0.1, 0.15) is 6.20 Å². The third-order valence-corrected chi connectivity index (χ3v) is 5.75. The normalized spacial score (nSPS) is 19.0. The van der Waals surface area contributed by atoms with Gasteiger partial charge in [0.2, 0.25) is 15.9 Å². The zero-order chi connectivity index (χ0) is 20.4. The summed E-state index contributed by atoms with van der Waals surface area (Å²) in [4.78, 5) is 16.9. The highest BCUT2D eigenvalue weighted by Gasteiger charge is 2.27. The zero-order valence-electron chi connectivity index (χ0n) is 16.2. The third-order valence-electron chi connectivity index (χ3n) is 5.14. The minimum atomic E-state index is -3.34. The van der Waals surface area contributed by atoms with Crippen LogP contribution in [0, 0.1) is 5.92 Å². The average Bonchev–Trinajstić information content (AvgIpc) is 3.09. The largest absolute Gasteiger partial charge is 0.347 e. The Hall–Kier alpha value is -2.81. The Morgan fingerprint density at radius 3 is 2.66 bits per heavy atom. The Morgan fingerprint density at radius 1 is 1.10 bits per heavy atom. The van der Waals surface area contributed by atoms with E-state index in [1.54, 1.807) is 22.6 Å². The molecule has 0 radical (unpaired) electrons. The number of hydrogen-bond donors (Lipinski definition) is 2. The van der Waals surface area contributed by atoms with E-state index in [-0.39, 0.29) is 11.8 Å². The topological polar surface area (TPSA) is 106 Å². The predicted molar refractivity (Wildman–Crippen MR) is 108 cm³/mol. The number of fused-ring (bicyclic) bond motifs is 1. The first kappa shape index (κ1) is 19.5. The van der Waals surface area contributed by atoms with E-state index in [1.165, 1.54) is 6.42 Å². The summed E-state index contributed by atoms with van der Waals surface area (Å²) in [5.74, 6) is 0.0823. The lowest BCUT2D eigenvalue weighted by Crippen LogP contribution is -2.37. The molecule has 1 unspecified atom stereocenters. The van der Waals surface area contributed by atoms with E-state index in [9.17, 15) is 13.2 Å². The molecule has 152 valence electrons. The standard InChI is InChI=1S/C20H23N5O3S/c1-29(27,28)24-17-9-5-8-15(12-17)16-10-11-18-21-20(23-25(18)13-16)22-19(26)14-6-3-2-4-7-14/h5,8-14,20,24H,2-4,6-7H2,1H3/p+1. The van der Waals surface area contributed by atoms with Crippen molar-refractivity contribution < 1.29 is 17.6 Å². The lowest BCUT2D eigenvalue weighted by molar-refractivity contribution is -0.559. The van der Waals surface area contributed by atoms with Crippen LogP contribution in [0.2, 0.25) is 0 Å². The molecule has 9 heteroatoms. The van der Waals surface area contributed by atoms with Gasteiger partial charge in [-0.25, -0.2) is 8.42 Å². The van der Waals surface area contributed by atoms with Crippen molar-refractivity contribution in [3.8, 4) is 11.1 Å². The van der Waals surface area contributed by atoms with Crippen LogP contribution in [-0.2, 0) is 14.8 Å². The van der Waals surface area contributed by atoms with Crippen molar-refractivity contribution in [1.82, 2.24) is 5.32 Å². The van der Waals surface area contributed by atoms with E-state index in [0.29, 0.717) is 11.2 Å². The molecule has 2 heterocycles. The van der Waals surface area contributed by atoms with Crippen molar-refractivity contribution in [2.24, 2.45) is 16.0 Å². The summed E-state index contributed by atoms with van der Waals surface area (Å²) in [5.41, 5.74) is 2.87. The summed E-state index contributed by atoms with van der Waals surface area (Å²) < 4.78 is 27.1. The van der Waals surface area contributed by atoms with Gasteiger partial charge in [-0.2, -0.15) is 0 Å². The van der Waals surface area contributed by atoms with Gasteiger partial charge in [-0.3, -0.25) is 14.8 Å². The van der Waals surface area contributed by atoms with E-state index < -0.39 is 16.3 Å². The summed E-state index contributed by atoms with van der Waals surface area (Å²) in [6.07, 6.45) is 7.59. The molecule has 0 saturated heterocycles. The quantitative estimate of drug-likeness (QED) is 0.727. The molecule has 2 aromatic rings. The number of carbonyl (C=O) groups is 1. The van der Waals surface area contributed by atoms with E-state index in [2.05, 4.69) is 20.1 Å². The van der Waals surface area contributed by atoms with E-state index >= 15 is 0 Å². The van der Waals surface area contributed by atoms with Gasteiger partial charge in [0.05, 0.1) is 6.26 Å².